The summed E-state index contributed by atoms with van der Waals surface area (Å²) in [4.78, 5) is 10.4. The summed E-state index contributed by atoms with van der Waals surface area (Å²) in [6.07, 6.45) is 2.86. The second-order valence-corrected chi connectivity index (χ2v) is 3.05. The molecule has 0 aliphatic rings. The molecular weight excluding hydrogens is 200 g/mol. The van der Waals surface area contributed by atoms with Crippen molar-refractivity contribution in [3.63, 3.8) is 0 Å². The zero-order chi connectivity index (χ0) is 10.6. The molecule has 1 rings (SSSR count). The van der Waals surface area contributed by atoms with Crippen molar-refractivity contribution in [1.29, 1.82) is 5.41 Å². The normalized spacial score (nSPS) is 10.4. The van der Waals surface area contributed by atoms with Crippen molar-refractivity contribution in [2.75, 3.05) is 0 Å². The van der Waals surface area contributed by atoms with Crippen LogP contribution in [0.5, 0.6) is 0 Å². The number of allylic oxidation sites excluding steroid dienone is 1. The number of nitrogens with two attached hydrogens (primary N) is 1. The topological polar surface area (TPSA) is 66.9 Å². The van der Waals surface area contributed by atoms with Crippen LogP contribution in [0.2, 0.25) is 0 Å². The third-order valence-electron chi connectivity index (χ3n) is 1.63. The first-order chi connectivity index (χ1) is 6.59. The Hall–Kier alpha value is -1.61. The van der Waals surface area contributed by atoms with Gasteiger partial charge in [0.25, 0.3) is 0 Å². The van der Waals surface area contributed by atoms with Crippen molar-refractivity contribution in [2.24, 2.45) is 5.73 Å². The highest BCUT2D eigenvalue weighted by Crippen LogP contribution is 2.05. The summed E-state index contributed by atoms with van der Waals surface area (Å²) in [5.41, 5.74) is 6.77. The highest BCUT2D eigenvalue weighted by Gasteiger charge is 1.94. The molecule has 0 atom stereocenters. The lowest BCUT2D eigenvalue weighted by atomic mass is 10.1. The van der Waals surface area contributed by atoms with Crippen LogP contribution in [0.15, 0.2) is 30.3 Å². The predicted molar refractivity (Wildman–Crippen MR) is 57.4 cm³/mol. The maximum Gasteiger partial charge on any atom is 0.245 e. The van der Waals surface area contributed by atoms with E-state index in [1.54, 1.807) is 30.3 Å². The summed E-state index contributed by atoms with van der Waals surface area (Å²) in [5, 5.41) is 6.65. The molecule has 1 aromatic rings. The molecule has 0 fully saturated rings. The van der Waals surface area contributed by atoms with E-state index in [4.69, 9.17) is 22.7 Å². The molecule has 3 nitrogen and oxygen atoms in total. The molecule has 4 heteroatoms. The fourth-order valence-electron chi connectivity index (χ4n) is 0.936. The van der Waals surface area contributed by atoms with Gasteiger partial charge in [-0.2, -0.15) is 0 Å². The average molecular weight is 209 g/mol. The van der Waals surface area contributed by atoms with Crippen LogP contribution in [-0.2, 0) is 4.79 Å². The monoisotopic (exact) mass is 208 g/mol. The molecule has 0 bridgehead atoms. The number of halogens is 1. The van der Waals surface area contributed by atoms with Gasteiger partial charge < -0.3 is 5.73 Å². The third-order valence-corrected chi connectivity index (χ3v) is 1.75. The van der Waals surface area contributed by atoms with E-state index in [9.17, 15) is 4.79 Å². The fourth-order valence-corrected chi connectivity index (χ4v) is 0.999. The lowest BCUT2D eigenvalue weighted by Gasteiger charge is -1.97. The Balaban J connectivity index is 2.83. The van der Waals surface area contributed by atoms with Gasteiger partial charge in [-0.25, -0.2) is 0 Å². The number of hydrogen-bond donors (Lipinski definition) is 2. The molecule has 0 radical (unpaired) electrons. The second-order valence-electron chi connectivity index (χ2n) is 2.67. The van der Waals surface area contributed by atoms with Crippen molar-refractivity contribution < 1.29 is 4.79 Å². The maximum atomic E-state index is 10.4. The van der Waals surface area contributed by atoms with Crippen LogP contribution in [0, 0.1) is 5.41 Å². The van der Waals surface area contributed by atoms with Crippen LogP contribution in [0.25, 0.3) is 6.08 Å². The number of amidine groups is 1. The van der Waals surface area contributed by atoms with Gasteiger partial charge in [-0.3, -0.25) is 10.2 Å². The van der Waals surface area contributed by atoms with Crippen LogP contribution in [0.3, 0.4) is 0 Å². The molecule has 0 amide bonds. The van der Waals surface area contributed by atoms with Gasteiger partial charge in [-0.1, -0.05) is 30.3 Å². The summed E-state index contributed by atoms with van der Waals surface area (Å²) >= 11 is 5.13. The number of hydrogen-bond acceptors (Lipinski definition) is 2. The minimum atomic E-state index is -0.513. The van der Waals surface area contributed by atoms with Gasteiger partial charge in [-0.05, 0) is 23.2 Å². The van der Waals surface area contributed by atoms with Gasteiger partial charge in [-0.15, -0.1) is 0 Å². The van der Waals surface area contributed by atoms with Crippen molar-refractivity contribution in [3.05, 3.63) is 41.5 Å². The quantitative estimate of drug-likeness (QED) is 0.344. The highest BCUT2D eigenvalue weighted by atomic mass is 35.5. The number of carbonyl (C=O) groups excluding carboxylic acids is 1. The molecule has 72 valence electrons. The third kappa shape index (κ3) is 3.03. The Morgan fingerprint density at radius 1 is 1.36 bits per heavy atom. The lowest BCUT2D eigenvalue weighted by Crippen LogP contribution is -2.10. The minimum Gasteiger partial charge on any atom is -0.384 e. The summed E-state index contributed by atoms with van der Waals surface area (Å²) in [7, 11) is 0. The van der Waals surface area contributed by atoms with Crippen molar-refractivity contribution in [3.8, 4) is 0 Å². The molecule has 0 heterocycles. The number of rotatable bonds is 3. The van der Waals surface area contributed by atoms with E-state index in [0.29, 0.717) is 5.56 Å². The molecule has 0 unspecified atom stereocenters. The van der Waals surface area contributed by atoms with E-state index in [2.05, 4.69) is 0 Å². The molecule has 0 aliphatic carbocycles. The minimum absolute atomic E-state index is 0.0222. The average Bonchev–Trinajstić information content (AvgIpc) is 2.15. The fraction of sp³-hybridized carbons (Fsp3) is 0. The van der Waals surface area contributed by atoms with Gasteiger partial charge in [0.2, 0.25) is 5.24 Å². The number of benzene rings is 1. The van der Waals surface area contributed by atoms with Crippen molar-refractivity contribution in [1.82, 2.24) is 0 Å². The zero-order valence-corrected chi connectivity index (χ0v) is 8.08. The van der Waals surface area contributed by atoms with Crippen LogP contribution in [0.1, 0.15) is 11.1 Å². The number of nitrogens with one attached hydrogen (secondary N) is 1. The van der Waals surface area contributed by atoms with Gasteiger partial charge in [0, 0.05) is 5.56 Å². The van der Waals surface area contributed by atoms with Gasteiger partial charge in [0.1, 0.15) is 5.84 Å². The van der Waals surface area contributed by atoms with E-state index in [-0.39, 0.29) is 5.84 Å². The van der Waals surface area contributed by atoms with Crippen molar-refractivity contribution >= 4 is 28.8 Å². The van der Waals surface area contributed by atoms with Gasteiger partial charge >= 0.3 is 0 Å². The summed E-state index contributed by atoms with van der Waals surface area (Å²) in [6.45, 7) is 0. The Kier molecular flexibility index (Phi) is 3.42. The first-order valence-corrected chi connectivity index (χ1v) is 4.29. The van der Waals surface area contributed by atoms with E-state index in [0.717, 1.165) is 5.56 Å². The molecule has 1 aromatic carbocycles. The standard InChI is InChI=1S/C10H9ClN2O/c11-9(14)6-3-7-1-4-8(5-2-7)10(12)13/h1-6H,(H3,12,13). The maximum absolute atomic E-state index is 10.4. The van der Waals surface area contributed by atoms with Crippen LogP contribution < -0.4 is 5.73 Å². The smallest absolute Gasteiger partial charge is 0.245 e. The van der Waals surface area contributed by atoms with Gasteiger partial charge in [0.15, 0.2) is 0 Å². The Labute approximate surface area is 86.7 Å². The summed E-state index contributed by atoms with van der Waals surface area (Å²) in [5.74, 6) is 0.0222. The van der Waals surface area contributed by atoms with E-state index in [1.165, 1.54) is 6.08 Å². The Morgan fingerprint density at radius 3 is 2.36 bits per heavy atom. The first kappa shape index (κ1) is 10.5. The Bertz CT molecular complexity index is 382. The molecular formula is C10H9ClN2O. The molecule has 0 aliphatic heterocycles. The van der Waals surface area contributed by atoms with E-state index >= 15 is 0 Å². The van der Waals surface area contributed by atoms with E-state index in [1.807, 2.05) is 0 Å². The van der Waals surface area contributed by atoms with E-state index < -0.39 is 5.24 Å². The van der Waals surface area contributed by atoms with Crippen LogP contribution >= 0.6 is 11.6 Å². The molecule has 0 spiro atoms. The molecule has 0 saturated carbocycles. The molecule has 0 saturated heterocycles. The van der Waals surface area contributed by atoms with Gasteiger partial charge in [0.05, 0.1) is 0 Å². The second kappa shape index (κ2) is 4.58. The molecule has 14 heavy (non-hydrogen) atoms. The largest absolute Gasteiger partial charge is 0.384 e. The lowest BCUT2D eigenvalue weighted by molar-refractivity contribution is -0.107. The molecule has 0 aromatic heterocycles. The molecule has 3 N–H and O–H groups in total. The van der Waals surface area contributed by atoms with Crippen molar-refractivity contribution in [2.45, 2.75) is 0 Å². The first-order valence-electron chi connectivity index (χ1n) is 3.91. The summed E-state index contributed by atoms with van der Waals surface area (Å²) < 4.78 is 0. The number of carbonyl (C=O) groups is 1. The zero-order valence-electron chi connectivity index (χ0n) is 7.33. The van der Waals surface area contributed by atoms with Crippen LogP contribution in [-0.4, -0.2) is 11.1 Å². The predicted octanol–water partition coefficient (Wildman–Crippen LogP) is 1.75. The SMILES string of the molecule is N=C(N)c1ccc(C=CC(=O)Cl)cc1. The van der Waals surface area contributed by atoms with Crippen LogP contribution in [0.4, 0.5) is 0 Å². The highest BCUT2D eigenvalue weighted by molar-refractivity contribution is 6.66. The number of nitrogen functional groups attached to an aromatic ring is 1. The summed E-state index contributed by atoms with van der Waals surface area (Å²) in [6, 6.07) is 6.93. The Morgan fingerprint density at radius 2 is 1.93 bits per heavy atom.